The summed E-state index contributed by atoms with van der Waals surface area (Å²) in [5.74, 6) is 0.579. The second-order valence-electron chi connectivity index (χ2n) is 6.81. The van der Waals surface area contributed by atoms with E-state index in [4.69, 9.17) is 4.74 Å². The molecule has 1 aliphatic heterocycles. The average molecular weight is 331 g/mol. The van der Waals surface area contributed by atoms with E-state index in [2.05, 4.69) is 17.2 Å². The van der Waals surface area contributed by atoms with Crippen LogP contribution in [0.1, 0.15) is 27.7 Å². The first-order valence-corrected chi connectivity index (χ1v) is 8.02. The van der Waals surface area contributed by atoms with Gasteiger partial charge in [-0.1, -0.05) is 6.08 Å². The van der Waals surface area contributed by atoms with E-state index in [1.807, 2.05) is 27.7 Å². The van der Waals surface area contributed by atoms with E-state index >= 15 is 0 Å². The van der Waals surface area contributed by atoms with Gasteiger partial charge in [0, 0.05) is 18.3 Å². The Morgan fingerprint density at radius 1 is 1.46 bits per heavy atom. The number of hydrogen-bond donors (Lipinski definition) is 2. The molecule has 130 valence electrons. The molecule has 0 spiro atoms. The number of fused-ring (bicyclic) bond motifs is 1. The molecule has 1 aliphatic rings. The van der Waals surface area contributed by atoms with E-state index in [1.54, 1.807) is 29.2 Å². The van der Waals surface area contributed by atoms with Gasteiger partial charge in [0.05, 0.1) is 11.1 Å². The van der Waals surface area contributed by atoms with Gasteiger partial charge in [0.25, 0.3) is 0 Å². The summed E-state index contributed by atoms with van der Waals surface area (Å²) >= 11 is 0. The molecule has 0 atom stereocenters. The maximum Gasteiger partial charge on any atom is 0.319 e. The zero-order chi connectivity index (χ0) is 17.9. The highest BCUT2D eigenvalue weighted by Gasteiger charge is 2.37. The normalized spacial score (nSPS) is 16.0. The molecule has 0 aromatic heterocycles. The monoisotopic (exact) mass is 331 g/mol. The quantitative estimate of drug-likeness (QED) is 0.833. The highest BCUT2D eigenvalue weighted by molar-refractivity contribution is 6.00. The first-order valence-electron chi connectivity index (χ1n) is 8.02. The fourth-order valence-electron chi connectivity index (χ4n) is 2.46. The van der Waals surface area contributed by atoms with Gasteiger partial charge in [0.15, 0.2) is 0 Å². The summed E-state index contributed by atoms with van der Waals surface area (Å²) in [7, 11) is 0. The summed E-state index contributed by atoms with van der Waals surface area (Å²) in [6.07, 6.45) is 1.68. The molecular formula is C18H25N3O3. The molecule has 3 amide bonds. The second kappa shape index (κ2) is 6.95. The number of amides is 3. The van der Waals surface area contributed by atoms with Gasteiger partial charge in [0.2, 0.25) is 5.91 Å². The summed E-state index contributed by atoms with van der Waals surface area (Å²) in [4.78, 5) is 26.3. The van der Waals surface area contributed by atoms with Crippen molar-refractivity contribution >= 4 is 23.3 Å². The molecule has 24 heavy (non-hydrogen) atoms. The molecule has 2 rings (SSSR count). The third-order valence-corrected chi connectivity index (χ3v) is 3.65. The fraction of sp³-hybridized carbons (Fsp3) is 0.444. The third-order valence-electron chi connectivity index (χ3n) is 3.65. The first-order chi connectivity index (χ1) is 11.2. The van der Waals surface area contributed by atoms with Crippen molar-refractivity contribution < 1.29 is 14.3 Å². The van der Waals surface area contributed by atoms with Crippen LogP contribution in [0.2, 0.25) is 0 Å². The van der Waals surface area contributed by atoms with Gasteiger partial charge >= 0.3 is 6.03 Å². The molecular weight excluding hydrogens is 306 g/mol. The Hall–Kier alpha value is -2.50. The number of carbonyl (C=O) groups excluding carboxylic acids is 2. The topological polar surface area (TPSA) is 70.7 Å². The molecule has 0 radical (unpaired) electrons. The predicted octanol–water partition coefficient (Wildman–Crippen LogP) is 3.15. The number of rotatable bonds is 4. The van der Waals surface area contributed by atoms with E-state index in [0.29, 0.717) is 30.3 Å². The van der Waals surface area contributed by atoms with Crippen molar-refractivity contribution in [3.8, 4) is 5.75 Å². The zero-order valence-corrected chi connectivity index (χ0v) is 14.7. The lowest BCUT2D eigenvalue weighted by Crippen LogP contribution is -2.42. The molecule has 1 aromatic rings. The maximum atomic E-state index is 12.8. The number of nitrogens with zero attached hydrogens (tertiary/aromatic N) is 1. The highest BCUT2D eigenvalue weighted by atomic mass is 16.5. The van der Waals surface area contributed by atoms with Gasteiger partial charge in [-0.15, -0.1) is 6.58 Å². The molecule has 0 fully saturated rings. The van der Waals surface area contributed by atoms with Crippen LogP contribution < -0.4 is 20.3 Å². The smallest absolute Gasteiger partial charge is 0.319 e. The number of hydrogen-bond acceptors (Lipinski definition) is 3. The zero-order valence-electron chi connectivity index (χ0n) is 14.7. The van der Waals surface area contributed by atoms with Crippen molar-refractivity contribution in [2.24, 2.45) is 5.41 Å². The predicted molar refractivity (Wildman–Crippen MR) is 95.6 cm³/mol. The molecule has 0 aliphatic carbocycles. The molecule has 0 unspecified atom stereocenters. The lowest BCUT2D eigenvalue weighted by molar-refractivity contribution is -0.127. The van der Waals surface area contributed by atoms with Gasteiger partial charge in [-0.2, -0.15) is 0 Å². The van der Waals surface area contributed by atoms with Crippen LogP contribution in [0.25, 0.3) is 0 Å². The van der Waals surface area contributed by atoms with Crippen LogP contribution in [-0.4, -0.2) is 31.1 Å². The standard InChI is InChI=1S/C18H25N3O3/c1-6-9-21-14-10-13(20-17(23)19-12(2)3)7-8-15(14)24-11-18(4,5)16(21)22/h6-8,10,12H,1,9,11H2,2-5H3,(H2,19,20,23). The van der Waals surface area contributed by atoms with Crippen LogP contribution in [0, 0.1) is 5.41 Å². The minimum Gasteiger partial charge on any atom is -0.490 e. The molecule has 1 heterocycles. The first kappa shape index (κ1) is 17.8. The largest absolute Gasteiger partial charge is 0.490 e. The number of nitrogens with one attached hydrogen (secondary N) is 2. The van der Waals surface area contributed by atoms with Crippen molar-refractivity contribution in [2.75, 3.05) is 23.4 Å². The van der Waals surface area contributed by atoms with Crippen LogP contribution in [0.4, 0.5) is 16.2 Å². The third kappa shape index (κ3) is 3.88. The molecule has 6 heteroatoms. The Balaban J connectivity index is 2.35. The molecule has 1 aromatic carbocycles. The van der Waals surface area contributed by atoms with Crippen LogP contribution in [0.3, 0.4) is 0 Å². The van der Waals surface area contributed by atoms with Crippen molar-refractivity contribution in [1.82, 2.24) is 5.32 Å². The second-order valence-corrected chi connectivity index (χ2v) is 6.81. The summed E-state index contributed by atoms with van der Waals surface area (Å²) in [6.45, 7) is 11.9. The number of urea groups is 1. The van der Waals surface area contributed by atoms with Crippen LogP contribution in [-0.2, 0) is 4.79 Å². The molecule has 0 saturated carbocycles. The summed E-state index contributed by atoms with van der Waals surface area (Å²) in [6, 6.07) is 5.02. The molecule has 6 nitrogen and oxygen atoms in total. The van der Waals surface area contributed by atoms with E-state index in [-0.39, 0.29) is 18.0 Å². The van der Waals surface area contributed by atoms with E-state index in [9.17, 15) is 9.59 Å². The van der Waals surface area contributed by atoms with Gasteiger partial charge in [0.1, 0.15) is 12.4 Å². The Kier molecular flexibility index (Phi) is 5.17. The molecule has 0 saturated heterocycles. The summed E-state index contributed by atoms with van der Waals surface area (Å²) in [5.41, 5.74) is 0.592. The Morgan fingerprint density at radius 2 is 2.17 bits per heavy atom. The number of carbonyl (C=O) groups is 2. The van der Waals surface area contributed by atoms with Crippen LogP contribution >= 0.6 is 0 Å². The Morgan fingerprint density at radius 3 is 2.79 bits per heavy atom. The lowest BCUT2D eigenvalue weighted by Gasteiger charge is -2.27. The van der Waals surface area contributed by atoms with E-state index in [0.717, 1.165) is 0 Å². The summed E-state index contributed by atoms with van der Waals surface area (Å²) < 4.78 is 5.81. The van der Waals surface area contributed by atoms with Gasteiger partial charge in [-0.05, 0) is 45.9 Å². The Bertz CT molecular complexity index is 653. The van der Waals surface area contributed by atoms with Crippen molar-refractivity contribution in [2.45, 2.75) is 33.7 Å². The average Bonchev–Trinajstić information content (AvgIpc) is 2.57. The van der Waals surface area contributed by atoms with Crippen molar-refractivity contribution in [1.29, 1.82) is 0 Å². The Labute approximate surface area is 142 Å². The highest BCUT2D eigenvalue weighted by Crippen LogP contribution is 2.38. The SMILES string of the molecule is C=CCN1C(=O)C(C)(C)COc2ccc(NC(=O)NC(C)C)cc21. The fourth-order valence-corrected chi connectivity index (χ4v) is 2.46. The van der Waals surface area contributed by atoms with Crippen molar-refractivity contribution in [3.63, 3.8) is 0 Å². The maximum absolute atomic E-state index is 12.8. The number of benzene rings is 1. The minimum absolute atomic E-state index is 0.0359. The van der Waals surface area contributed by atoms with E-state index < -0.39 is 5.41 Å². The molecule has 0 bridgehead atoms. The minimum atomic E-state index is -0.634. The van der Waals surface area contributed by atoms with Crippen LogP contribution in [0.5, 0.6) is 5.75 Å². The van der Waals surface area contributed by atoms with Crippen molar-refractivity contribution in [3.05, 3.63) is 30.9 Å². The summed E-state index contributed by atoms with van der Waals surface area (Å²) in [5, 5.41) is 5.54. The van der Waals surface area contributed by atoms with Gasteiger partial charge in [-0.3, -0.25) is 4.79 Å². The number of anilines is 2. The van der Waals surface area contributed by atoms with Gasteiger partial charge in [-0.25, -0.2) is 4.79 Å². The number of ether oxygens (including phenoxy) is 1. The van der Waals surface area contributed by atoms with E-state index in [1.165, 1.54) is 0 Å². The lowest BCUT2D eigenvalue weighted by atomic mass is 9.93. The van der Waals surface area contributed by atoms with Gasteiger partial charge < -0.3 is 20.3 Å². The van der Waals surface area contributed by atoms with Crippen LogP contribution in [0.15, 0.2) is 30.9 Å². The molecule has 2 N–H and O–H groups in total.